The SMILES string of the molecule is C#CCN[C@H]1CCc2cc(OC(=O)N(CC)CC)ccc21. The van der Waals surface area contributed by atoms with E-state index in [1.54, 1.807) is 4.90 Å². The molecule has 4 heteroatoms. The van der Waals surface area contributed by atoms with Crippen molar-refractivity contribution in [1.82, 2.24) is 10.2 Å². The Hall–Kier alpha value is -1.99. The molecule has 2 rings (SSSR count). The van der Waals surface area contributed by atoms with Gasteiger partial charge in [0.15, 0.2) is 0 Å². The molecule has 1 N–H and O–H groups in total. The standard InChI is InChI=1S/C17H22N2O2/c1-4-11-18-16-10-7-13-12-14(8-9-15(13)16)21-17(20)19(5-2)6-3/h1,8-9,12,16,18H,5-7,10-11H2,2-3H3/t16-/m0/s1. The zero-order valence-electron chi connectivity index (χ0n) is 12.7. The number of aryl methyl sites for hydroxylation is 1. The van der Waals surface area contributed by atoms with E-state index in [9.17, 15) is 4.79 Å². The summed E-state index contributed by atoms with van der Waals surface area (Å²) in [5.74, 6) is 3.22. The molecule has 1 aliphatic carbocycles. The summed E-state index contributed by atoms with van der Waals surface area (Å²) in [5.41, 5.74) is 2.49. The molecule has 0 aromatic heterocycles. The lowest BCUT2D eigenvalue weighted by atomic mass is 10.1. The summed E-state index contributed by atoms with van der Waals surface area (Å²) in [6.07, 6.45) is 7.01. The molecule has 1 amide bonds. The van der Waals surface area contributed by atoms with Crippen LogP contribution in [-0.2, 0) is 6.42 Å². The number of carbonyl (C=O) groups is 1. The van der Waals surface area contributed by atoms with E-state index in [1.165, 1.54) is 11.1 Å². The largest absolute Gasteiger partial charge is 0.415 e. The lowest BCUT2D eigenvalue weighted by Gasteiger charge is -2.18. The van der Waals surface area contributed by atoms with Crippen molar-refractivity contribution in [3.8, 4) is 18.1 Å². The molecule has 0 fully saturated rings. The first-order chi connectivity index (χ1) is 10.2. The van der Waals surface area contributed by atoms with E-state index >= 15 is 0 Å². The quantitative estimate of drug-likeness (QED) is 0.846. The van der Waals surface area contributed by atoms with Gasteiger partial charge in [0.1, 0.15) is 5.75 Å². The lowest BCUT2D eigenvalue weighted by Crippen LogP contribution is -2.33. The van der Waals surface area contributed by atoms with Crippen molar-refractivity contribution in [2.45, 2.75) is 32.7 Å². The summed E-state index contributed by atoms with van der Waals surface area (Å²) >= 11 is 0. The van der Waals surface area contributed by atoms with Crippen LogP contribution in [0.1, 0.15) is 37.4 Å². The number of fused-ring (bicyclic) bond motifs is 1. The Bertz CT molecular complexity index is 544. The fourth-order valence-electron chi connectivity index (χ4n) is 2.70. The van der Waals surface area contributed by atoms with Crippen LogP contribution in [0.2, 0.25) is 0 Å². The van der Waals surface area contributed by atoms with Gasteiger partial charge in [0, 0.05) is 19.1 Å². The molecule has 0 aliphatic heterocycles. The van der Waals surface area contributed by atoms with Crippen LogP contribution in [-0.4, -0.2) is 30.6 Å². The van der Waals surface area contributed by atoms with Gasteiger partial charge >= 0.3 is 6.09 Å². The van der Waals surface area contributed by atoms with Crippen LogP contribution in [0.25, 0.3) is 0 Å². The average molecular weight is 286 g/mol. The molecule has 1 aliphatic rings. The van der Waals surface area contributed by atoms with E-state index in [2.05, 4.69) is 11.2 Å². The van der Waals surface area contributed by atoms with Crippen molar-refractivity contribution in [2.75, 3.05) is 19.6 Å². The maximum absolute atomic E-state index is 11.9. The highest BCUT2D eigenvalue weighted by atomic mass is 16.6. The molecule has 0 saturated heterocycles. The van der Waals surface area contributed by atoms with Gasteiger partial charge in [-0.25, -0.2) is 4.79 Å². The van der Waals surface area contributed by atoms with Crippen molar-refractivity contribution in [3.05, 3.63) is 29.3 Å². The fraction of sp³-hybridized carbons (Fsp3) is 0.471. The zero-order chi connectivity index (χ0) is 15.2. The van der Waals surface area contributed by atoms with Crippen LogP contribution in [0.15, 0.2) is 18.2 Å². The minimum Gasteiger partial charge on any atom is -0.410 e. The Kier molecular flexibility index (Phi) is 5.24. The number of rotatable bonds is 5. The maximum atomic E-state index is 11.9. The van der Waals surface area contributed by atoms with E-state index in [0.717, 1.165) is 12.8 Å². The summed E-state index contributed by atoms with van der Waals surface area (Å²) in [4.78, 5) is 13.6. The van der Waals surface area contributed by atoms with Gasteiger partial charge in [0.05, 0.1) is 6.54 Å². The van der Waals surface area contributed by atoms with Crippen molar-refractivity contribution in [1.29, 1.82) is 0 Å². The molecule has 1 aromatic carbocycles. The number of carbonyl (C=O) groups excluding carboxylic acids is 1. The zero-order valence-corrected chi connectivity index (χ0v) is 12.7. The first kappa shape index (κ1) is 15.4. The molecule has 4 nitrogen and oxygen atoms in total. The summed E-state index contributed by atoms with van der Waals surface area (Å²) < 4.78 is 5.43. The monoisotopic (exact) mass is 286 g/mol. The van der Waals surface area contributed by atoms with Gasteiger partial charge in [-0.2, -0.15) is 0 Å². The van der Waals surface area contributed by atoms with Crippen molar-refractivity contribution in [2.24, 2.45) is 0 Å². The van der Waals surface area contributed by atoms with Gasteiger partial charge in [-0.15, -0.1) is 6.42 Å². The lowest BCUT2D eigenvalue weighted by molar-refractivity contribution is 0.157. The van der Waals surface area contributed by atoms with Crippen LogP contribution in [0, 0.1) is 12.3 Å². The van der Waals surface area contributed by atoms with Gasteiger partial charge in [-0.3, -0.25) is 5.32 Å². The topological polar surface area (TPSA) is 41.6 Å². The first-order valence-corrected chi connectivity index (χ1v) is 7.46. The Labute approximate surface area is 126 Å². The number of nitrogens with one attached hydrogen (secondary N) is 1. The van der Waals surface area contributed by atoms with Gasteiger partial charge in [-0.05, 0) is 49.9 Å². The van der Waals surface area contributed by atoms with E-state index in [1.807, 2.05) is 32.0 Å². The van der Waals surface area contributed by atoms with Crippen molar-refractivity contribution < 1.29 is 9.53 Å². The van der Waals surface area contributed by atoms with E-state index in [-0.39, 0.29) is 6.09 Å². The summed E-state index contributed by atoms with van der Waals surface area (Å²) in [6.45, 7) is 5.75. The number of benzene rings is 1. The van der Waals surface area contributed by atoms with Crippen LogP contribution >= 0.6 is 0 Å². The molecule has 21 heavy (non-hydrogen) atoms. The third-order valence-corrected chi connectivity index (χ3v) is 3.87. The molecule has 1 aromatic rings. The van der Waals surface area contributed by atoms with Crippen LogP contribution in [0.5, 0.6) is 5.75 Å². The Balaban J connectivity index is 2.06. The van der Waals surface area contributed by atoms with Crippen LogP contribution in [0.3, 0.4) is 0 Å². The Morgan fingerprint density at radius 2 is 2.24 bits per heavy atom. The number of hydrogen-bond acceptors (Lipinski definition) is 3. The van der Waals surface area contributed by atoms with Crippen molar-refractivity contribution in [3.63, 3.8) is 0 Å². The van der Waals surface area contributed by atoms with Gasteiger partial charge in [-0.1, -0.05) is 12.0 Å². The summed E-state index contributed by atoms with van der Waals surface area (Å²) in [6, 6.07) is 6.16. The highest BCUT2D eigenvalue weighted by molar-refractivity contribution is 5.70. The Morgan fingerprint density at radius 1 is 1.48 bits per heavy atom. The number of hydrogen-bond donors (Lipinski definition) is 1. The minimum absolute atomic E-state index is 0.292. The number of ether oxygens (including phenoxy) is 1. The van der Waals surface area contributed by atoms with Crippen molar-refractivity contribution >= 4 is 6.09 Å². The molecule has 112 valence electrons. The molecule has 0 unspecified atom stereocenters. The predicted octanol–water partition coefficient (Wildman–Crippen LogP) is 2.74. The van der Waals surface area contributed by atoms with Gasteiger partial charge in [0.25, 0.3) is 0 Å². The predicted molar refractivity (Wildman–Crippen MR) is 83.3 cm³/mol. The summed E-state index contributed by atoms with van der Waals surface area (Å²) in [7, 11) is 0. The number of amides is 1. The average Bonchev–Trinajstić information content (AvgIpc) is 2.88. The third-order valence-electron chi connectivity index (χ3n) is 3.87. The molecule has 0 saturated carbocycles. The maximum Gasteiger partial charge on any atom is 0.415 e. The molecule has 0 spiro atoms. The smallest absolute Gasteiger partial charge is 0.410 e. The normalized spacial score (nSPS) is 16.1. The van der Waals surface area contributed by atoms with E-state index in [4.69, 9.17) is 11.2 Å². The molecular formula is C17H22N2O2. The molecule has 0 bridgehead atoms. The third kappa shape index (κ3) is 3.56. The highest BCUT2D eigenvalue weighted by Gasteiger charge is 2.22. The second-order valence-corrected chi connectivity index (χ2v) is 5.08. The van der Waals surface area contributed by atoms with Crippen LogP contribution < -0.4 is 10.1 Å². The molecule has 1 atom stereocenters. The van der Waals surface area contributed by atoms with E-state index < -0.39 is 0 Å². The Morgan fingerprint density at radius 3 is 2.90 bits per heavy atom. The second-order valence-electron chi connectivity index (χ2n) is 5.08. The highest BCUT2D eigenvalue weighted by Crippen LogP contribution is 2.33. The van der Waals surface area contributed by atoms with E-state index in [0.29, 0.717) is 31.4 Å². The summed E-state index contributed by atoms with van der Waals surface area (Å²) in [5, 5.41) is 3.33. The molecular weight excluding hydrogens is 264 g/mol. The first-order valence-electron chi connectivity index (χ1n) is 7.46. The number of terminal acetylenes is 1. The van der Waals surface area contributed by atoms with Gasteiger partial charge < -0.3 is 9.64 Å². The minimum atomic E-state index is -0.292. The van der Waals surface area contributed by atoms with Crippen LogP contribution in [0.4, 0.5) is 4.79 Å². The number of nitrogens with zero attached hydrogens (tertiary/aromatic N) is 1. The fourth-order valence-corrected chi connectivity index (χ4v) is 2.70. The van der Waals surface area contributed by atoms with Gasteiger partial charge in [0.2, 0.25) is 0 Å². The molecule has 0 radical (unpaired) electrons. The molecule has 0 heterocycles. The second kappa shape index (κ2) is 7.14.